The minimum absolute atomic E-state index is 0.0264. The molecule has 1 N–H and O–H groups in total. The fourth-order valence-corrected chi connectivity index (χ4v) is 2.60. The van der Waals surface area contributed by atoms with E-state index < -0.39 is 4.92 Å². The number of carbonyl (C=O) groups is 1. The van der Waals surface area contributed by atoms with Crippen LogP contribution in [-0.2, 0) is 4.79 Å². The van der Waals surface area contributed by atoms with Gasteiger partial charge in [0.1, 0.15) is 5.37 Å². The molecule has 1 saturated heterocycles. The number of non-ortho nitro benzene ring substituents is 1. The van der Waals surface area contributed by atoms with Crippen LogP contribution < -0.4 is 5.32 Å². The number of benzene rings is 1. The van der Waals surface area contributed by atoms with E-state index in [9.17, 15) is 14.9 Å². The van der Waals surface area contributed by atoms with Gasteiger partial charge in [-0.3, -0.25) is 14.9 Å². The first-order chi connectivity index (χ1) is 7.58. The molecule has 0 aromatic heterocycles. The fourth-order valence-electron chi connectivity index (χ4n) is 1.51. The zero-order chi connectivity index (χ0) is 11.7. The largest absolute Gasteiger partial charge is 0.339 e. The maximum Gasteiger partial charge on any atom is 0.269 e. The Labute approximate surface area is 96.4 Å². The van der Waals surface area contributed by atoms with Gasteiger partial charge in [0.05, 0.1) is 10.2 Å². The van der Waals surface area contributed by atoms with Crippen LogP contribution in [-0.4, -0.2) is 16.1 Å². The molecule has 0 radical (unpaired) electrons. The summed E-state index contributed by atoms with van der Waals surface area (Å²) in [4.78, 5) is 21.5. The van der Waals surface area contributed by atoms with Crippen LogP contribution in [0.4, 0.5) is 5.69 Å². The summed E-state index contributed by atoms with van der Waals surface area (Å²) in [5.41, 5.74) is 0.809. The molecule has 1 aromatic rings. The van der Waals surface area contributed by atoms with Crippen molar-refractivity contribution in [2.75, 3.05) is 0 Å². The van der Waals surface area contributed by atoms with Crippen LogP contribution in [0, 0.1) is 10.1 Å². The van der Waals surface area contributed by atoms with Crippen molar-refractivity contribution in [3.8, 4) is 0 Å². The third kappa shape index (κ3) is 2.01. The first-order valence-electron chi connectivity index (χ1n) is 4.78. The van der Waals surface area contributed by atoms with Crippen molar-refractivity contribution < 1.29 is 9.72 Å². The Bertz CT molecular complexity index is 449. The lowest BCUT2D eigenvalue weighted by molar-refractivity contribution is -0.384. The Hall–Kier alpha value is -1.56. The van der Waals surface area contributed by atoms with Crippen molar-refractivity contribution in [2.24, 2.45) is 0 Å². The summed E-state index contributed by atoms with van der Waals surface area (Å²) >= 11 is 1.46. The molecule has 16 heavy (non-hydrogen) atoms. The summed E-state index contributed by atoms with van der Waals surface area (Å²) in [6.07, 6.45) is 0. The summed E-state index contributed by atoms with van der Waals surface area (Å²) in [7, 11) is 0. The highest BCUT2D eigenvalue weighted by molar-refractivity contribution is 8.01. The number of carbonyl (C=O) groups excluding carboxylic acids is 1. The predicted octanol–water partition coefficient (Wildman–Crippen LogP) is 1.84. The molecule has 0 saturated carbocycles. The second-order valence-electron chi connectivity index (χ2n) is 3.52. The molecule has 84 valence electrons. The lowest BCUT2D eigenvalue weighted by Crippen LogP contribution is -2.22. The predicted molar refractivity (Wildman–Crippen MR) is 61.0 cm³/mol. The van der Waals surface area contributed by atoms with Gasteiger partial charge in [-0.05, 0) is 12.5 Å². The number of nitrogens with zero attached hydrogens (tertiary/aromatic N) is 1. The number of amides is 1. The molecule has 0 spiro atoms. The minimum atomic E-state index is -0.436. The summed E-state index contributed by atoms with van der Waals surface area (Å²) in [6.45, 7) is 1.82. The van der Waals surface area contributed by atoms with Crippen LogP contribution >= 0.6 is 11.8 Å². The minimum Gasteiger partial charge on any atom is -0.339 e. The van der Waals surface area contributed by atoms with E-state index >= 15 is 0 Å². The van der Waals surface area contributed by atoms with Crippen molar-refractivity contribution >= 4 is 23.4 Å². The molecule has 5 nitrogen and oxygen atoms in total. The van der Waals surface area contributed by atoms with E-state index in [1.807, 2.05) is 6.92 Å². The molecule has 1 fully saturated rings. The van der Waals surface area contributed by atoms with Crippen LogP contribution in [0.25, 0.3) is 0 Å². The highest BCUT2D eigenvalue weighted by Crippen LogP contribution is 2.36. The Morgan fingerprint density at radius 1 is 1.50 bits per heavy atom. The molecular weight excluding hydrogens is 228 g/mol. The molecule has 1 heterocycles. The average molecular weight is 238 g/mol. The zero-order valence-electron chi connectivity index (χ0n) is 8.54. The topological polar surface area (TPSA) is 72.2 Å². The lowest BCUT2D eigenvalue weighted by atomic mass is 10.2. The molecule has 2 atom stereocenters. The molecule has 2 rings (SSSR count). The van der Waals surface area contributed by atoms with Crippen molar-refractivity contribution in [1.29, 1.82) is 0 Å². The molecule has 1 amide bonds. The molecule has 1 aromatic carbocycles. The van der Waals surface area contributed by atoms with Gasteiger partial charge >= 0.3 is 0 Å². The van der Waals surface area contributed by atoms with Gasteiger partial charge in [0, 0.05) is 12.1 Å². The number of nitro groups is 1. The standard InChI is InChI=1S/C10H10N2O3S/c1-6-9(13)11-10(16-6)7-3-2-4-8(5-7)12(14)15/h2-6,10H,1H3,(H,11,13)/t6-,10+/m1/s1. The normalized spacial score (nSPS) is 24.2. The molecule has 0 unspecified atom stereocenters. The first-order valence-corrected chi connectivity index (χ1v) is 5.72. The second kappa shape index (κ2) is 4.13. The SMILES string of the molecule is C[C@H]1S[C@@H](c2cccc([N+](=O)[O-])c2)NC1=O. The van der Waals surface area contributed by atoms with Crippen LogP contribution in [0.1, 0.15) is 17.9 Å². The number of nitrogens with one attached hydrogen (secondary N) is 1. The van der Waals surface area contributed by atoms with Gasteiger partial charge in [0.2, 0.25) is 5.91 Å². The molecular formula is C10H10N2O3S. The molecule has 1 aliphatic rings. The van der Waals surface area contributed by atoms with Crippen LogP contribution in [0.5, 0.6) is 0 Å². The summed E-state index contributed by atoms with van der Waals surface area (Å²) in [5.74, 6) is -0.0264. The van der Waals surface area contributed by atoms with Crippen LogP contribution in [0.2, 0.25) is 0 Å². The smallest absolute Gasteiger partial charge is 0.269 e. The number of hydrogen-bond acceptors (Lipinski definition) is 4. The second-order valence-corrected chi connectivity index (χ2v) is 4.97. The molecule has 0 bridgehead atoms. The summed E-state index contributed by atoms with van der Waals surface area (Å²) in [6, 6.07) is 6.34. The van der Waals surface area contributed by atoms with E-state index in [1.165, 1.54) is 23.9 Å². The quantitative estimate of drug-likeness (QED) is 0.630. The number of hydrogen-bond donors (Lipinski definition) is 1. The summed E-state index contributed by atoms with van der Waals surface area (Å²) in [5, 5.41) is 13.1. The van der Waals surface area contributed by atoms with E-state index in [4.69, 9.17) is 0 Å². The third-order valence-corrected chi connectivity index (χ3v) is 3.65. The number of rotatable bonds is 2. The maximum absolute atomic E-state index is 11.3. The number of thioether (sulfide) groups is 1. The van der Waals surface area contributed by atoms with E-state index in [0.29, 0.717) is 0 Å². The van der Waals surface area contributed by atoms with Crippen molar-refractivity contribution in [2.45, 2.75) is 17.5 Å². The van der Waals surface area contributed by atoms with Crippen molar-refractivity contribution in [3.05, 3.63) is 39.9 Å². The Morgan fingerprint density at radius 2 is 2.25 bits per heavy atom. The van der Waals surface area contributed by atoms with Gasteiger partial charge in [-0.2, -0.15) is 0 Å². The molecule has 1 aliphatic heterocycles. The van der Waals surface area contributed by atoms with Crippen molar-refractivity contribution in [3.63, 3.8) is 0 Å². The van der Waals surface area contributed by atoms with Gasteiger partial charge in [0.25, 0.3) is 5.69 Å². The monoisotopic (exact) mass is 238 g/mol. The zero-order valence-corrected chi connectivity index (χ0v) is 9.36. The van der Waals surface area contributed by atoms with E-state index in [1.54, 1.807) is 12.1 Å². The van der Waals surface area contributed by atoms with Gasteiger partial charge < -0.3 is 5.32 Å². The fraction of sp³-hybridized carbons (Fsp3) is 0.300. The molecule has 6 heteroatoms. The van der Waals surface area contributed by atoms with E-state index in [-0.39, 0.29) is 22.2 Å². The first kappa shape index (κ1) is 10.9. The van der Waals surface area contributed by atoms with Crippen molar-refractivity contribution in [1.82, 2.24) is 5.32 Å². The van der Waals surface area contributed by atoms with Crippen LogP contribution in [0.3, 0.4) is 0 Å². The number of nitro benzene ring substituents is 1. The van der Waals surface area contributed by atoms with Gasteiger partial charge in [-0.15, -0.1) is 11.8 Å². The average Bonchev–Trinajstić information content (AvgIpc) is 2.59. The highest BCUT2D eigenvalue weighted by atomic mass is 32.2. The van der Waals surface area contributed by atoms with Crippen LogP contribution in [0.15, 0.2) is 24.3 Å². The van der Waals surface area contributed by atoms with Gasteiger partial charge in [0.15, 0.2) is 0 Å². The third-order valence-electron chi connectivity index (χ3n) is 2.37. The Kier molecular flexibility index (Phi) is 2.82. The van der Waals surface area contributed by atoms with Gasteiger partial charge in [-0.25, -0.2) is 0 Å². The molecule has 0 aliphatic carbocycles. The summed E-state index contributed by atoms with van der Waals surface area (Å²) < 4.78 is 0. The van der Waals surface area contributed by atoms with E-state index in [0.717, 1.165) is 5.56 Å². The van der Waals surface area contributed by atoms with Gasteiger partial charge in [-0.1, -0.05) is 12.1 Å². The lowest BCUT2D eigenvalue weighted by Gasteiger charge is -2.08. The highest BCUT2D eigenvalue weighted by Gasteiger charge is 2.30. The van der Waals surface area contributed by atoms with E-state index in [2.05, 4.69) is 5.32 Å². The maximum atomic E-state index is 11.3. The Morgan fingerprint density at radius 3 is 2.81 bits per heavy atom. The Balaban J connectivity index is 2.25.